The molecular weight excluding hydrogens is 426 g/mol. The van der Waals surface area contributed by atoms with Crippen LogP contribution >= 0.6 is 11.8 Å². The third-order valence-corrected chi connectivity index (χ3v) is 6.29. The van der Waals surface area contributed by atoms with Crippen molar-refractivity contribution >= 4 is 28.6 Å². The van der Waals surface area contributed by atoms with E-state index in [1.54, 1.807) is 30.9 Å². The molecule has 0 unspecified atom stereocenters. The highest BCUT2D eigenvalue weighted by molar-refractivity contribution is 7.99. The number of ether oxygens (including phenoxy) is 2. The highest BCUT2D eigenvalue weighted by atomic mass is 32.2. The minimum Gasteiger partial charge on any atom is -0.493 e. The molecule has 0 radical (unpaired) electrons. The Hall–Kier alpha value is -2.48. The van der Waals surface area contributed by atoms with E-state index in [4.69, 9.17) is 14.5 Å². The third-order valence-electron chi connectivity index (χ3n) is 5.31. The average Bonchev–Trinajstić information content (AvgIpc) is 2.76. The Bertz CT molecular complexity index is 1070. The van der Waals surface area contributed by atoms with Gasteiger partial charge in [-0.25, -0.2) is 4.98 Å². The number of hydrogen-bond acceptors (Lipinski definition) is 6. The zero-order valence-electron chi connectivity index (χ0n) is 19.6. The number of allylic oxidation sites excluding steroid dienone is 2. The third kappa shape index (κ3) is 6.06. The molecule has 7 nitrogen and oxygen atoms in total. The first-order chi connectivity index (χ1) is 15.2. The minimum atomic E-state index is -0.314. The highest BCUT2D eigenvalue weighted by Gasteiger charge is 2.19. The van der Waals surface area contributed by atoms with Gasteiger partial charge in [0.1, 0.15) is 0 Å². The van der Waals surface area contributed by atoms with Gasteiger partial charge in [0, 0.05) is 18.2 Å². The number of methoxy groups -OCH3 is 2. The van der Waals surface area contributed by atoms with Gasteiger partial charge < -0.3 is 14.8 Å². The van der Waals surface area contributed by atoms with E-state index < -0.39 is 0 Å². The predicted molar refractivity (Wildman–Crippen MR) is 129 cm³/mol. The molecular formula is C24H33N3O4S. The van der Waals surface area contributed by atoms with Crippen molar-refractivity contribution in [2.24, 2.45) is 0 Å². The maximum absolute atomic E-state index is 13.5. The van der Waals surface area contributed by atoms with Crippen LogP contribution in [0.2, 0.25) is 0 Å². The maximum atomic E-state index is 13.5. The Kier molecular flexibility index (Phi) is 7.87. The first-order valence-corrected chi connectivity index (χ1v) is 12.0. The number of amides is 1. The first kappa shape index (κ1) is 24.2. The Labute approximate surface area is 193 Å². The molecule has 1 aromatic carbocycles. The van der Waals surface area contributed by atoms with E-state index in [0.717, 1.165) is 19.3 Å². The number of benzene rings is 1. The normalized spacial score (nSPS) is 14.2. The van der Waals surface area contributed by atoms with Crippen molar-refractivity contribution in [3.8, 4) is 11.5 Å². The molecule has 0 saturated carbocycles. The molecule has 0 fully saturated rings. The molecule has 1 aliphatic carbocycles. The highest BCUT2D eigenvalue weighted by Crippen LogP contribution is 2.31. The molecule has 8 heteroatoms. The molecule has 32 heavy (non-hydrogen) atoms. The number of nitrogens with one attached hydrogen (secondary N) is 1. The van der Waals surface area contributed by atoms with Crippen LogP contribution in [0.3, 0.4) is 0 Å². The second-order valence-corrected chi connectivity index (χ2v) is 9.96. The van der Waals surface area contributed by atoms with Crippen LogP contribution in [0.25, 0.3) is 10.9 Å². The second-order valence-electron chi connectivity index (χ2n) is 9.02. The van der Waals surface area contributed by atoms with Crippen LogP contribution in [0.4, 0.5) is 0 Å². The maximum Gasteiger partial charge on any atom is 0.262 e. The number of hydrogen-bond donors (Lipinski definition) is 1. The van der Waals surface area contributed by atoms with Gasteiger partial charge in [0.15, 0.2) is 16.7 Å². The molecule has 1 amide bonds. The second kappa shape index (κ2) is 10.4. The Morgan fingerprint density at radius 1 is 1.19 bits per heavy atom. The van der Waals surface area contributed by atoms with E-state index in [2.05, 4.69) is 11.4 Å². The fourth-order valence-electron chi connectivity index (χ4n) is 3.81. The number of fused-ring (bicyclic) bond motifs is 1. The Morgan fingerprint density at radius 2 is 1.91 bits per heavy atom. The molecule has 0 spiro atoms. The van der Waals surface area contributed by atoms with E-state index in [1.165, 1.54) is 30.2 Å². The number of rotatable bonds is 8. The lowest BCUT2D eigenvalue weighted by atomic mass is 9.97. The Balaban J connectivity index is 1.97. The summed E-state index contributed by atoms with van der Waals surface area (Å²) in [6.07, 6.45) is 7.71. The molecule has 1 aliphatic rings. The van der Waals surface area contributed by atoms with Crippen LogP contribution in [-0.2, 0) is 11.3 Å². The van der Waals surface area contributed by atoms with Crippen LogP contribution in [0.5, 0.6) is 11.5 Å². The van der Waals surface area contributed by atoms with Gasteiger partial charge in [0.05, 0.1) is 30.9 Å². The van der Waals surface area contributed by atoms with Crippen molar-refractivity contribution in [1.82, 2.24) is 14.9 Å². The summed E-state index contributed by atoms with van der Waals surface area (Å²) in [7, 11) is 3.10. The van der Waals surface area contributed by atoms with E-state index >= 15 is 0 Å². The fraction of sp³-hybridized carbons (Fsp3) is 0.542. The molecule has 0 aliphatic heterocycles. The van der Waals surface area contributed by atoms with Gasteiger partial charge in [-0.1, -0.05) is 23.4 Å². The summed E-state index contributed by atoms with van der Waals surface area (Å²) in [4.78, 5) is 30.6. The van der Waals surface area contributed by atoms with Crippen LogP contribution < -0.4 is 20.3 Å². The topological polar surface area (TPSA) is 82.5 Å². The number of carbonyl (C=O) groups excluding carboxylic acids is 1. The summed E-state index contributed by atoms with van der Waals surface area (Å²) in [5, 5.41) is 3.97. The molecule has 174 valence electrons. The number of carbonyl (C=O) groups is 1. The molecule has 0 saturated heterocycles. The van der Waals surface area contributed by atoms with Crippen molar-refractivity contribution in [2.75, 3.05) is 20.0 Å². The number of nitrogens with zero attached hydrogens (tertiary/aromatic N) is 2. The smallest absolute Gasteiger partial charge is 0.262 e. The molecule has 0 atom stereocenters. The number of aromatic nitrogens is 2. The summed E-state index contributed by atoms with van der Waals surface area (Å²) in [6.45, 7) is 6.36. The Morgan fingerprint density at radius 3 is 2.53 bits per heavy atom. The van der Waals surface area contributed by atoms with Gasteiger partial charge >= 0.3 is 0 Å². The lowest BCUT2D eigenvalue weighted by molar-refractivity contribution is -0.119. The van der Waals surface area contributed by atoms with E-state index in [1.807, 2.05) is 20.8 Å². The van der Waals surface area contributed by atoms with Crippen LogP contribution in [-0.4, -0.2) is 41.0 Å². The number of thioether (sulfide) groups is 1. The van der Waals surface area contributed by atoms with Gasteiger partial charge in [-0.15, -0.1) is 0 Å². The van der Waals surface area contributed by atoms with Gasteiger partial charge in [-0.05, 0) is 58.9 Å². The monoisotopic (exact) mass is 459 g/mol. The molecule has 0 bridgehead atoms. The van der Waals surface area contributed by atoms with E-state index in [0.29, 0.717) is 34.1 Å². The lowest BCUT2D eigenvalue weighted by Crippen LogP contribution is -2.41. The largest absolute Gasteiger partial charge is 0.493 e. The van der Waals surface area contributed by atoms with Crippen molar-refractivity contribution in [1.29, 1.82) is 0 Å². The van der Waals surface area contributed by atoms with Gasteiger partial charge in [0.25, 0.3) is 5.56 Å². The zero-order chi connectivity index (χ0) is 23.3. The van der Waals surface area contributed by atoms with Crippen molar-refractivity contribution in [2.45, 2.75) is 70.1 Å². The summed E-state index contributed by atoms with van der Waals surface area (Å²) in [5.41, 5.74) is 1.47. The first-order valence-electron chi connectivity index (χ1n) is 11.0. The van der Waals surface area contributed by atoms with Crippen LogP contribution in [0, 0.1) is 0 Å². The summed E-state index contributed by atoms with van der Waals surface area (Å²) in [5.74, 6) is 1.10. The standard InChI is InChI=1S/C24H33N3O4S/c1-24(2,3)26-21(28)15-32-23-25-18-14-20(31-5)19(30-4)13-17(18)22(29)27(23)12-11-16-9-7-6-8-10-16/h9,13-14H,6-8,10-12,15H2,1-5H3,(H,26,28). The minimum absolute atomic E-state index is 0.0919. The van der Waals surface area contributed by atoms with Gasteiger partial charge in [-0.2, -0.15) is 0 Å². The van der Waals surface area contributed by atoms with Gasteiger partial charge in [-0.3, -0.25) is 14.2 Å². The summed E-state index contributed by atoms with van der Waals surface area (Å²) >= 11 is 1.28. The van der Waals surface area contributed by atoms with Crippen LogP contribution in [0.1, 0.15) is 52.9 Å². The van der Waals surface area contributed by atoms with E-state index in [-0.39, 0.29) is 22.8 Å². The van der Waals surface area contributed by atoms with Gasteiger partial charge in [0.2, 0.25) is 5.91 Å². The van der Waals surface area contributed by atoms with Crippen molar-refractivity contribution in [3.05, 3.63) is 34.1 Å². The van der Waals surface area contributed by atoms with Crippen molar-refractivity contribution < 1.29 is 14.3 Å². The molecule has 2 aromatic rings. The summed E-state index contributed by atoms with van der Waals surface area (Å²) in [6, 6.07) is 3.39. The van der Waals surface area contributed by atoms with Crippen LogP contribution in [0.15, 0.2) is 33.7 Å². The fourth-order valence-corrected chi connectivity index (χ4v) is 4.63. The lowest BCUT2D eigenvalue weighted by Gasteiger charge is -2.21. The quantitative estimate of drug-likeness (QED) is 0.360. The average molecular weight is 460 g/mol. The molecule has 1 aromatic heterocycles. The predicted octanol–water partition coefficient (Wildman–Crippen LogP) is 4.31. The summed E-state index contributed by atoms with van der Waals surface area (Å²) < 4.78 is 12.5. The van der Waals surface area contributed by atoms with E-state index in [9.17, 15) is 9.59 Å². The molecule has 3 rings (SSSR count). The molecule has 1 heterocycles. The van der Waals surface area contributed by atoms with Crippen molar-refractivity contribution in [3.63, 3.8) is 0 Å². The zero-order valence-corrected chi connectivity index (χ0v) is 20.4. The SMILES string of the molecule is COc1cc2nc(SCC(=O)NC(C)(C)C)n(CCC3=CCCCC3)c(=O)c2cc1OC. The molecule has 1 N–H and O–H groups in total.